The fraction of sp³-hybridized carbons (Fsp3) is 0.735. The number of benzene rings is 1. The molecule has 11 atom stereocenters. The number of amides is 1. The highest BCUT2D eigenvalue weighted by Crippen LogP contribution is 2.68. The maximum Gasteiger partial charge on any atom is 0.220 e. The Labute approximate surface area is 249 Å². The molecule has 4 aliphatic carbocycles. The Balaban J connectivity index is 1.06. The summed E-state index contributed by atoms with van der Waals surface area (Å²) < 4.78 is 0. The lowest BCUT2D eigenvalue weighted by atomic mass is 9.43. The van der Waals surface area contributed by atoms with Crippen molar-refractivity contribution in [2.24, 2.45) is 46.3 Å². The smallest absolute Gasteiger partial charge is 0.220 e. The number of aromatic nitrogens is 1. The topological polar surface area (TPSA) is 106 Å². The maximum absolute atomic E-state index is 12.8. The number of carbonyl (C=O) groups excluding carboxylic acids is 1. The van der Waals surface area contributed by atoms with Crippen LogP contribution in [0.1, 0.15) is 84.1 Å². The maximum atomic E-state index is 12.8. The molecule has 41 heavy (non-hydrogen) atoms. The first-order valence-corrected chi connectivity index (χ1v) is 16.5. The molecule has 0 spiro atoms. The Morgan fingerprint density at radius 1 is 1.12 bits per heavy atom. The molecular formula is C34H49ClN2O4. The molecule has 2 aromatic rings. The van der Waals surface area contributed by atoms with Crippen molar-refractivity contribution in [2.45, 2.75) is 103 Å². The molecule has 1 amide bonds. The first-order valence-electron chi connectivity index (χ1n) is 16.1. The van der Waals surface area contributed by atoms with Gasteiger partial charge in [-0.2, -0.15) is 0 Å². The van der Waals surface area contributed by atoms with Gasteiger partial charge in [-0.1, -0.05) is 32.4 Å². The Morgan fingerprint density at radius 2 is 1.93 bits per heavy atom. The molecule has 6 nitrogen and oxygen atoms in total. The highest BCUT2D eigenvalue weighted by atomic mass is 35.5. The van der Waals surface area contributed by atoms with E-state index >= 15 is 0 Å². The monoisotopic (exact) mass is 584 g/mol. The largest absolute Gasteiger partial charge is 0.393 e. The van der Waals surface area contributed by atoms with Gasteiger partial charge in [0.05, 0.1) is 18.3 Å². The van der Waals surface area contributed by atoms with Gasteiger partial charge < -0.3 is 25.6 Å². The van der Waals surface area contributed by atoms with E-state index in [2.05, 4.69) is 31.1 Å². The van der Waals surface area contributed by atoms with Crippen LogP contribution < -0.4 is 5.32 Å². The van der Waals surface area contributed by atoms with Gasteiger partial charge in [-0.25, -0.2) is 0 Å². The summed E-state index contributed by atoms with van der Waals surface area (Å²) in [4.78, 5) is 16.1. The third-order valence-electron chi connectivity index (χ3n) is 12.8. The van der Waals surface area contributed by atoms with E-state index in [-0.39, 0.29) is 34.9 Å². The zero-order valence-electron chi connectivity index (χ0n) is 24.9. The number of hydrogen-bond acceptors (Lipinski definition) is 4. The number of carbonyl (C=O) groups is 1. The number of fused-ring (bicyclic) bond motifs is 6. The van der Waals surface area contributed by atoms with E-state index in [1.54, 1.807) is 0 Å². The van der Waals surface area contributed by atoms with E-state index in [1.807, 2.05) is 24.4 Å². The number of H-pyrrole nitrogens is 1. The minimum atomic E-state index is -0.392. The predicted molar refractivity (Wildman–Crippen MR) is 162 cm³/mol. The molecule has 1 aromatic heterocycles. The SMILES string of the molecule is C[C@H](CCC(=O)NCCc1c[nH]c2ccc(Cl)cc12)[C@H]1CC[C@H]2[C@@H]3[C@H](O)C[C@@H]4C[C@H](O)CC[C@]4(C)[C@H]3C[C@H](O)[C@]12C. The van der Waals surface area contributed by atoms with Crippen molar-refractivity contribution in [1.82, 2.24) is 10.3 Å². The Morgan fingerprint density at radius 3 is 2.73 bits per heavy atom. The fourth-order valence-electron chi connectivity index (χ4n) is 10.5. The highest BCUT2D eigenvalue weighted by Gasteiger charge is 2.65. The van der Waals surface area contributed by atoms with Gasteiger partial charge in [0.1, 0.15) is 0 Å². The second kappa shape index (κ2) is 11.2. The van der Waals surface area contributed by atoms with Crippen LogP contribution in [0.5, 0.6) is 0 Å². The number of rotatable bonds is 7. The average Bonchev–Trinajstić information content (AvgIpc) is 3.50. The summed E-state index contributed by atoms with van der Waals surface area (Å²) in [5.74, 6) is 1.93. The first kappa shape index (κ1) is 29.5. The van der Waals surface area contributed by atoms with Crippen LogP contribution in [0.2, 0.25) is 5.02 Å². The van der Waals surface area contributed by atoms with Crippen molar-refractivity contribution in [3.63, 3.8) is 0 Å². The lowest BCUT2D eigenvalue weighted by molar-refractivity contribution is -0.207. The number of aromatic amines is 1. The molecule has 0 bridgehead atoms. The molecule has 226 valence electrons. The van der Waals surface area contributed by atoms with Crippen LogP contribution in [0.4, 0.5) is 0 Å². The van der Waals surface area contributed by atoms with Crippen LogP contribution >= 0.6 is 11.6 Å². The zero-order valence-corrected chi connectivity index (χ0v) is 25.7. The molecule has 1 heterocycles. The summed E-state index contributed by atoms with van der Waals surface area (Å²) in [6.07, 6.45) is 9.29. The summed E-state index contributed by atoms with van der Waals surface area (Å²) in [5.41, 5.74) is 2.06. The van der Waals surface area contributed by atoms with E-state index in [0.717, 1.165) is 74.3 Å². The third kappa shape index (κ3) is 5.05. The van der Waals surface area contributed by atoms with E-state index in [9.17, 15) is 20.1 Å². The molecule has 0 saturated heterocycles. The summed E-state index contributed by atoms with van der Waals surface area (Å²) in [6, 6.07) is 5.82. The Kier molecular flexibility index (Phi) is 8.02. The quantitative estimate of drug-likeness (QED) is 0.281. The van der Waals surface area contributed by atoms with Crippen molar-refractivity contribution in [3.05, 3.63) is 35.0 Å². The summed E-state index contributed by atoms with van der Waals surface area (Å²) >= 11 is 6.18. The number of halogens is 1. The zero-order chi connectivity index (χ0) is 29.1. The van der Waals surface area contributed by atoms with Crippen molar-refractivity contribution in [2.75, 3.05) is 6.54 Å². The molecule has 4 fully saturated rings. The standard InChI is InChI=1S/C34H49ClN2O4/c1-19(4-9-31(41)36-13-11-20-18-37-28-8-5-22(35)16-24(20)28)25-6-7-26-32-27(17-30(40)34(25,26)3)33(2)12-10-23(38)14-21(33)15-29(32)39/h5,8,16,18-19,21,23,25-27,29-30,32,37-40H,4,6-7,9-15,17H2,1-3H3,(H,36,41)/t19-,21+,23-,25-,26+,27+,29-,30+,32+,33+,34-/m1/s1. The van der Waals surface area contributed by atoms with Gasteiger partial charge in [0.15, 0.2) is 0 Å². The predicted octanol–water partition coefficient (Wildman–Crippen LogP) is 5.86. The van der Waals surface area contributed by atoms with Gasteiger partial charge in [-0.05, 0) is 128 Å². The van der Waals surface area contributed by atoms with Crippen molar-refractivity contribution >= 4 is 28.4 Å². The van der Waals surface area contributed by atoms with Crippen molar-refractivity contribution in [1.29, 1.82) is 0 Å². The van der Waals surface area contributed by atoms with Crippen LogP contribution in [0.25, 0.3) is 10.9 Å². The number of hydrogen-bond donors (Lipinski definition) is 5. The molecule has 0 radical (unpaired) electrons. The molecule has 4 aliphatic rings. The third-order valence-corrected chi connectivity index (χ3v) is 13.0. The van der Waals surface area contributed by atoms with Crippen LogP contribution in [0.3, 0.4) is 0 Å². The van der Waals surface area contributed by atoms with Gasteiger partial charge in [-0.3, -0.25) is 4.79 Å². The Hall–Kier alpha value is -1.60. The van der Waals surface area contributed by atoms with Crippen LogP contribution in [-0.2, 0) is 11.2 Å². The lowest BCUT2D eigenvalue weighted by Crippen LogP contribution is -2.62. The van der Waals surface area contributed by atoms with Gasteiger partial charge in [-0.15, -0.1) is 0 Å². The normalized spacial score (nSPS) is 41.0. The molecule has 1 aromatic carbocycles. The molecule has 7 heteroatoms. The molecule has 0 aliphatic heterocycles. The number of aliphatic hydroxyl groups is 3. The second-order valence-electron chi connectivity index (χ2n) is 14.6. The minimum Gasteiger partial charge on any atom is -0.393 e. The summed E-state index contributed by atoms with van der Waals surface area (Å²) in [7, 11) is 0. The van der Waals surface area contributed by atoms with Crippen molar-refractivity contribution in [3.8, 4) is 0 Å². The van der Waals surface area contributed by atoms with Crippen LogP contribution in [0.15, 0.2) is 24.4 Å². The van der Waals surface area contributed by atoms with Crippen LogP contribution in [0, 0.1) is 46.3 Å². The second-order valence-corrected chi connectivity index (χ2v) is 15.1. The highest BCUT2D eigenvalue weighted by molar-refractivity contribution is 6.31. The van der Waals surface area contributed by atoms with Gasteiger partial charge >= 0.3 is 0 Å². The molecule has 0 unspecified atom stereocenters. The van der Waals surface area contributed by atoms with E-state index in [4.69, 9.17) is 11.6 Å². The average molecular weight is 585 g/mol. The van der Waals surface area contributed by atoms with Gasteiger partial charge in [0, 0.05) is 35.1 Å². The van der Waals surface area contributed by atoms with Crippen molar-refractivity contribution < 1.29 is 20.1 Å². The first-order chi connectivity index (χ1) is 19.5. The number of nitrogens with one attached hydrogen (secondary N) is 2. The van der Waals surface area contributed by atoms with E-state index in [0.29, 0.717) is 47.6 Å². The fourth-order valence-corrected chi connectivity index (χ4v) is 10.6. The Bertz CT molecular complexity index is 1260. The van der Waals surface area contributed by atoms with Gasteiger partial charge in [0.2, 0.25) is 5.91 Å². The summed E-state index contributed by atoms with van der Waals surface area (Å²) in [6.45, 7) is 7.51. The molecule has 6 rings (SSSR count). The summed E-state index contributed by atoms with van der Waals surface area (Å²) in [5, 5.41) is 38.6. The minimum absolute atomic E-state index is 0.0832. The van der Waals surface area contributed by atoms with Crippen LogP contribution in [-0.4, -0.2) is 51.1 Å². The van der Waals surface area contributed by atoms with E-state index in [1.165, 1.54) is 0 Å². The molecule has 5 N–H and O–H groups in total. The number of aliphatic hydroxyl groups excluding tert-OH is 3. The van der Waals surface area contributed by atoms with Gasteiger partial charge in [0.25, 0.3) is 0 Å². The lowest BCUT2D eigenvalue weighted by Gasteiger charge is -2.63. The molecular weight excluding hydrogens is 536 g/mol. The molecule has 4 saturated carbocycles. The van der Waals surface area contributed by atoms with E-state index < -0.39 is 6.10 Å².